The summed E-state index contributed by atoms with van der Waals surface area (Å²) in [6.45, 7) is 6.55. The third kappa shape index (κ3) is 4.66. The van der Waals surface area contributed by atoms with Gasteiger partial charge in [0.15, 0.2) is 22.7 Å². The topological polar surface area (TPSA) is 195 Å². The van der Waals surface area contributed by atoms with E-state index in [0.717, 1.165) is 0 Å². The van der Waals surface area contributed by atoms with Crippen molar-refractivity contribution in [1.82, 2.24) is 19.5 Å². The standard InChI is InChI=1S/C20H34N5O8P/c1-6-19(4,33-34(29,30)20(28,7-2)8-3)9-11-13(26)14(27)17(32-11)25-10-22-12-15(25)23-18(21)24-16(12)31-5/h10-11,13-14,17,26-28H,6-9H2,1-5H3,(H,29,30)(H2,21,23,24)/t11-,13-,14-,17?,19?/m1/s1. The number of fused-ring (bicyclic) bond motifs is 1. The number of rotatable bonds is 10. The zero-order valence-electron chi connectivity index (χ0n) is 20.0. The van der Waals surface area contributed by atoms with Gasteiger partial charge in [-0.05, 0) is 26.2 Å². The van der Waals surface area contributed by atoms with E-state index in [1.165, 1.54) is 18.0 Å². The summed E-state index contributed by atoms with van der Waals surface area (Å²) in [5.74, 6) is 0.0801. The van der Waals surface area contributed by atoms with Crippen molar-refractivity contribution in [3.05, 3.63) is 6.33 Å². The number of aliphatic hydroxyl groups is 3. The van der Waals surface area contributed by atoms with E-state index in [4.69, 9.17) is 19.7 Å². The van der Waals surface area contributed by atoms with Crippen LogP contribution >= 0.6 is 7.60 Å². The van der Waals surface area contributed by atoms with Crippen LogP contribution in [0.2, 0.25) is 0 Å². The van der Waals surface area contributed by atoms with E-state index in [0.29, 0.717) is 5.52 Å². The third-order valence-corrected chi connectivity index (χ3v) is 8.97. The summed E-state index contributed by atoms with van der Waals surface area (Å²) in [6, 6.07) is 0. The second-order valence-electron chi connectivity index (χ2n) is 8.77. The molecule has 1 fully saturated rings. The fraction of sp³-hybridized carbons (Fsp3) is 0.750. The van der Waals surface area contributed by atoms with Crippen molar-refractivity contribution in [2.24, 2.45) is 0 Å². The minimum Gasteiger partial charge on any atom is -0.479 e. The van der Waals surface area contributed by atoms with Crippen molar-refractivity contribution < 1.29 is 38.8 Å². The average molecular weight is 503 g/mol. The first-order valence-electron chi connectivity index (χ1n) is 11.2. The normalized spacial score (nSPS) is 27.0. The molecule has 0 amide bonds. The van der Waals surface area contributed by atoms with Crippen molar-refractivity contribution in [3.8, 4) is 5.88 Å². The molecule has 0 saturated carbocycles. The number of imidazole rings is 1. The number of nitrogens with two attached hydrogens (primary N) is 1. The molecule has 13 nitrogen and oxygen atoms in total. The lowest BCUT2D eigenvalue weighted by Crippen LogP contribution is -2.40. The van der Waals surface area contributed by atoms with Gasteiger partial charge in [0.05, 0.1) is 25.1 Å². The predicted molar refractivity (Wildman–Crippen MR) is 122 cm³/mol. The van der Waals surface area contributed by atoms with Crippen molar-refractivity contribution in [2.75, 3.05) is 12.8 Å². The van der Waals surface area contributed by atoms with Crippen LogP contribution in [-0.2, 0) is 13.8 Å². The van der Waals surface area contributed by atoms with Crippen LogP contribution in [0.4, 0.5) is 5.95 Å². The molecule has 1 aliphatic rings. The first-order chi connectivity index (χ1) is 15.8. The molecular formula is C20H34N5O8P. The Labute approximate surface area is 197 Å². The molecule has 192 valence electrons. The maximum Gasteiger partial charge on any atom is 0.359 e. The summed E-state index contributed by atoms with van der Waals surface area (Å²) < 4.78 is 31.2. The van der Waals surface area contributed by atoms with Crippen LogP contribution in [0.15, 0.2) is 6.33 Å². The van der Waals surface area contributed by atoms with Gasteiger partial charge in [0, 0.05) is 6.42 Å². The van der Waals surface area contributed by atoms with Gasteiger partial charge in [-0.3, -0.25) is 9.13 Å². The van der Waals surface area contributed by atoms with E-state index in [1.54, 1.807) is 27.7 Å². The molecule has 2 aromatic heterocycles. The number of aromatic nitrogens is 4. The van der Waals surface area contributed by atoms with Crippen LogP contribution in [0.3, 0.4) is 0 Å². The fourth-order valence-electron chi connectivity index (χ4n) is 4.07. The highest BCUT2D eigenvalue weighted by Crippen LogP contribution is 2.60. The van der Waals surface area contributed by atoms with E-state index in [1.807, 2.05) is 0 Å². The summed E-state index contributed by atoms with van der Waals surface area (Å²) in [7, 11) is -3.05. The molecule has 2 aromatic rings. The molecule has 0 aromatic carbocycles. The van der Waals surface area contributed by atoms with Gasteiger partial charge in [0.2, 0.25) is 11.8 Å². The summed E-state index contributed by atoms with van der Waals surface area (Å²) in [5.41, 5.74) is 5.05. The van der Waals surface area contributed by atoms with Gasteiger partial charge in [0.1, 0.15) is 12.2 Å². The quantitative estimate of drug-likeness (QED) is 0.292. The van der Waals surface area contributed by atoms with Gasteiger partial charge in [-0.2, -0.15) is 9.97 Å². The summed E-state index contributed by atoms with van der Waals surface area (Å²) >= 11 is 0. The summed E-state index contributed by atoms with van der Waals surface area (Å²) in [5, 5.41) is 30.2. The van der Waals surface area contributed by atoms with Gasteiger partial charge in [0.25, 0.3) is 0 Å². The Bertz CT molecular complexity index is 1060. The minimum absolute atomic E-state index is 0.0284. The molecule has 1 saturated heterocycles. The molecule has 3 rings (SSSR count). The van der Waals surface area contributed by atoms with Crippen LogP contribution < -0.4 is 10.5 Å². The molecular weight excluding hydrogens is 469 g/mol. The van der Waals surface area contributed by atoms with Crippen molar-refractivity contribution in [1.29, 1.82) is 0 Å². The Balaban J connectivity index is 1.87. The van der Waals surface area contributed by atoms with Gasteiger partial charge in [-0.15, -0.1) is 0 Å². The highest BCUT2D eigenvalue weighted by molar-refractivity contribution is 7.54. The van der Waals surface area contributed by atoms with Gasteiger partial charge >= 0.3 is 7.60 Å². The summed E-state index contributed by atoms with van der Waals surface area (Å²) in [4.78, 5) is 22.9. The first-order valence-corrected chi connectivity index (χ1v) is 12.7. The SMILES string of the molecule is CCC(C)(C[C@H]1OC(n2cnc3c(OC)nc(N)nc32)[C@H](O)[C@@H]1O)OP(=O)(O)C(O)(CC)CC. The lowest BCUT2D eigenvalue weighted by Gasteiger charge is -2.38. The maximum absolute atomic E-state index is 13.0. The highest BCUT2D eigenvalue weighted by Gasteiger charge is 2.51. The number of nitrogen functional groups attached to an aromatic ring is 1. The zero-order valence-corrected chi connectivity index (χ0v) is 20.8. The van der Waals surface area contributed by atoms with Crippen molar-refractivity contribution in [2.45, 2.75) is 88.9 Å². The number of anilines is 1. The molecule has 3 unspecified atom stereocenters. The predicted octanol–water partition coefficient (Wildman–Crippen LogP) is 1.31. The molecule has 1 aliphatic heterocycles. The maximum atomic E-state index is 13.0. The molecule has 0 aliphatic carbocycles. The number of hydrogen-bond acceptors (Lipinski definition) is 11. The summed E-state index contributed by atoms with van der Waals surface area (Å²) in [6.07, 6.45) is -3.06. The number of ether oxygens (including phenoxy) is 2. The Morgan fingerprint density at radius 1 is 1.21 bits per heavy atom. The molecule has 0 bridgehead atoms. The van der Waals surface area contributed by atoms with Gasteiger partial charge in [-0.1, -0.05) is 20.8 Å². The van der Waals surface area contributed by atoms with Crippen LogP contribution in [0, 0.1) is 0 Å². The van der Waals surface area contributed by atoms with E-state index in [9.17, 15) is 24.8 Å². The van der Waals surface area contributed by atoms with Crippen LogP contribution in [0.5, 0.6) is 5.88 Å². The Morgan fingerprint density at radius 3 is 2.41 bits per heavy atom. The Kier molecular flexibility index (Phi) is 7.59. The molecule has 14 heteroatoms. The molecule has 34 heavy (non-hydrogen) atoms. The molecule has 6 N–H and O–H groups in total. The van der Waals surface area contributed by atoms with E-state index < -0.39 is 43.1 Å². The molecule has 3 heterocycles. The Morgan fingerprint density at radius 2 is 1.85 bits per heavy atom. The zero-order chi connectivity index (χ0) is 25.5. The average Bonchev–Trinajstić information content (AvgIpc) is 3.33. The van der Waals surface area contributed by atoms with E-state index in [-0.39, 0.29) is 43.2 Å². The lowest BCUT2D eigenvalue weighted by molar-refractivity contribution is -0.0696. The van der Waals surface area contributed by atoms with Gasteiger partial charge < -0.3 is 39.9 Å². The van der Waals surface area contributed by atoms with E-state index in [2.05, 4.69) is 15.0 Å². The second-order valence-corrected chi connectivity index (χ2v) is 10.8. The third-order valence-electron chi connectivity index (χ3n) is 6.59. The van der Waals surface area contributed by atoms with Crippen LogP contribution in [0.1, 0.15) is 59.6 Å². The Hall–Kier alpha value is -1.86. The number of methoxy groups -OCH3 is 1. The number of aliphatic hydroxyl groups excluding tert-OH is 2. The van der Waals surface area contributed by atoms with Crippen molar-refractivity contribution >= 4 is 24.7 Å². The van der Waals surface area contributed by atoms with Crippen LogP contribution in [0.25, 0.3) is 11.2 Å². The largest absolute Gasteiger partial charge is 0.479 e. The second kappa shape index (κ2) is 9.65. The van der Waals surface area contributed by atoms with Crippen LogP contribution in [-0.4, -0.2) is 76.1 Å². The lowest BCUT2D eigenvalue weighted by atomic mass is 9.93. The smallest absolute Gasteiger partial charge is 0.359 e. The fourth-order valence-corrected chi connectivity index (χ4v) is 5.84. The molecule has 0 radical (unpaired) electrons. The van der Waals surface area contributed by atoms with Gasteiger partial charge in [-0.25, -0.2) is 4.98 Å². The highest BCUT2D eigenvalue weighted by atomic mass is 31.2. The molecule has 0 spiro atoms. The minimum atomic E-state index is -4.46. The van der Waals surface area contributed by atoms with Crippen molar-refractivity contribution in [3.63, 3.8) is 0 Å². The monoisotopic (exact) mass is 503 g/mol. The number of nitrogens with zero attached hydrogens (tertiary/aromatic N) is 4. The number of hydrogen-bond donors (Lipinski definition) is 5. The first kappa shape index (κ1) is 26.7. The van der Waals surface area contributed by atoms with E-state index >= 15 is 0 Å². The molecule has 6 atom stereocenters.